The molecule has 14 bridgehead atoms. The summed E-state index contributed by atoms with van der Waals surface area (Å²) in [7, 11) is 26.1. The number of rotatable bonds is 35. The Morgan fingerprint density at radius 2 is 0.277 bits per heavy atom. The predicted molar refractivity (Wildman–Crippen MR) is 399 cm³/mol. The van der Waals surface area contributed by atoms with E-state index in [-0.39, 0.29) is 45.8 Å². The second-order valence-electron chi connectivity index (χ2n) is 32.4. The predicted octanol–water partition coefficient (Wildman–Crippen LogP) is -14.1. The highest BCUT2D eigenvalue weighted by Crippen LogP contribution is 2.39. The summed E-state index contributed by atoms with van der Waals surface area (Å²) in [6, 6.07) is 0. The highest BCUT2D eigenvalue weighted by atomic mass is 16.8. The number of likely N-dealkylation sites (N-methyl/N-ethyl adjacent to an activating group) is 7. The summed E-state index contributed by atoms with van der Waals surface area (Å²) in [5, 5.41) is 195. The van der Waals surface area contributed by atoms with Gasteiger partial charge in [0.25, 0.3) is 0 Å². The van der Waals surface area contributed by atoms with Gasteiger partial charge in [-0.25, -0.2) is 0 Å². The monoisotopic (exact) mass is 1620 g/mol. The minimum Gasteiger partial charge on any atom is -0.387 e. The summed E-state index contributed by atoms with van der Waals surface area (Å²) in [5.74, 6) is 0. The lowest BCUT2D eigenvalue weighted by molar-refractivity contribution is -0.392. The van der Waals surface area contributed by atoms with Crippen molar-refractivity contribution in [3.8, 4) is 0 Å². The van der Waals surface area contributed by atoms with E-state index in [4.69, 9.17) is 66.3 Å². The molecule has 112 heavy (non-hydrogen) atoms. The molecule has 21 N–H and O–H groups in total. The van der Waals surface area contributed by atoms with E-state index in [2.05, 4.69) is 37.2 Å². The Labute approximate surface area is 658 Å². The first-order chi connectivity index (χ1) is 53.1. The van der Waals surface area contributed by atoms with E-state index >= 15 is 0 Å². The van der Waals surface area contributed by atoms with Gasteiger partial charge in [0.05, 0.1) is 0 Å². The van der Waals surface area contributed by atoms with E-state index in [0.29, 0.717) is 91.6 Å². The van der Waals surface area contributed by atoms with Gasteiger partial charge in [0.1, 0.15) is 171 Å². The molecule has 21 aliphatic heterocycles. The molecular formula is C70H140N14O28. The lowest BCUT2D eigenvalue weighted by atomic mass is 9.94. The van der Waals surface area contributed by atoms with Crippen LogP contribution in [-0.4, -0.2) is 557 Å². The average Bonchev–Trinajstić information content (AvgIpc) is 0.778. The van der Waals surface area contributed by atoms with Crippen LogP contribution in [0.25, 0.3) is 0 Å². The molecule has 0 aliphatic carbocycles. The van der Waals surface area contributed by atoms with Crippen LogP contribution in [0.15, 0.2) is 0 Å². The Bertz CT molecular complexity index is 2140. The lowest BCUT2D eigenvalue weighted by Gasteiger charge is -2.50. The number of aliphatic hydroxyl groups excluding tert-OH is 14. The number of hydrogen-bond donors (Lipinski definition) is 21. The lowest BCUT2D eigenvalue weighted by Crippen LogP contribution is -2.69. The molecular weight excluding hydrogens is 1480 g/mol. The quantitative estimate of drug-likeness (QED) is 0.0262. The number of ether oxygens (including phenoxy) is 14. The van der Waals surface area contributed by atoms with Crippen LogP contribution in [0.5, 0.6) is 0 Å². The first-order valence-corrected chi connectivity index (χ1v) is 39.3. The third kappa shape index (κ3) is 26.9. The number of hydrogen-bond acceptors (Lipinski definition) is 42. The fraction of sp³-hybridized carbons (Fsp3) is 1.00. The largest absolute Gasteiger partial charge is 0.387 e. The standard InChI is InChI=1S/C70H140N14O28/c1-78(2)22-15-71-29-36-57-43(85)50(92)64(99-36)107-58-37(30-72-16-23-79(3)4)101-66(52(94)45(58)87)109-60-39(32-74-18-25-81(7)8)103-68(54(96)47(60)89)111-62-41(34-76-20-27-83(11)12)105-70(56(98)49(62)91)112-63-42(35-77-21-28-84(13)14)104-69(55(97)48(63)90)110-61-40(33-75-19-26-82(9)10)102-67(53(95)46(61)88)108-59-38(31-73-17-24-80(5)6)100-65(106-57)51(93)44(59)86/h36-77,85-98H,15-35H2,1-14H3/t36-,37-,38-,39-,40-,41-,42-,43-,44-,45-,46-,47-,48-,49-,50-,51-,52-,53-,54-,55-,56-,57-,58-,59-,60-,61-,62-,63-,64-,65-,66-,67-,68-,69-,70-/m1/s1. The van der Waals surface area contributed by atoms with Crippen LogP contribution < -0.4 is 37.2 Å². The molecule has 21 fully saturated rings. The first-order valence-electron chi connectivity index (χ1n) is 39.3. The molecule has 0 radical (unpaired) electrons. The van der Waals surface area contributed by atoms with Crippen molar-refractivity contribution in [1.29, 1.82) is 0 Å². The summed E-state index contributed by atoms with van der Waals surface area (Å²) in [6.07, 6.45) is -60.8. The maximum absolute atomic E-state index is 12.4. The van der Waals surface area contributed by atoms with Crippen LogP contribution in [0.1, 0.15) is 0 Å². The summed E-state index contributed by atoms with van der Waals surface area (Å²) in [4.78, 5) is 13.4. The highest BCUT2D eigenvalue weighted by molar-refractivity contribution is 5.03. The van der Waals surface area contributed by atoms with Crippen LogP contribution in [0.2, 0.25) is 0 Å². The second kappa shape index (κ2) is 46.4. The zero-order valence-corrected chi connectivity index (χ0v) is 67.7. The normalized spacial score (nSPS) is 42.2. The zero-order chi connectivity index (χ0) is 81.9. The van der Waals surface area contributed by atoms with Crippen LogP contribution >= 0.6 is 0 Å². The summed E-state index contributed by atoms with van der Waals surface area (Å²) >= 11 is 0. The molecule has 21 heterocycles. The smallest absolute Gasteiger partial charge is 0.187 e. The van der Waals surface area contributed by atoms with Crippen molar-refractivity contribution in [3.05, 3.63) is 0 Å². The minimum atomic E-state index is -2.03. The van der Waals surface area contributed by atoms with Crippen LogP contribution in [-0.2, 0) is 66.3 Å². The van der Waals surface area contributed by atoms with Gasteiger partial charge in [-0.15, -0.1) is 0 Å². The van der Waals surface area contributed by atoms with E-state index in [0.717, 1.165) is 0 Å². The van der Waals surface area contributed by atoms with E-state index in [1.807, 2.05) is 133 Å². The SMILES string of the molecule is CN(C)CCNC[C@H]1O[C@@H]2O[C@H]3[C@H](O)[C@@H](O)[C@@H](O[C@H]4[C@H](O)[C@@H](O)[C@@H](O[C@H]5[C@H](O)[C@@H](O)[C@@H](O[C@H]6[C@H](O)[C@@H](O)[C@@H](O[C@H]7[C@H](O)[C@@H](O)[C@@H](O[C@H]8[C@H](O)[C@@H](O)[C@@H](O[C@H]1[C@H](O)[C@H]2O)O[C@@H]8CNCCN(C)C)O[C@@H]7CNCCN(C)C)O[C@@H]6CNCCN(C)C)O[C@@H]5CNCCN(C)C)O[C@@H]4CNCCN(C)C)O[C@@H]3CNCCN(C)C. The number of aliphatic hydroxyl groups is 14. The maximum atomic E-state index is 12.4. The molecule has 42 nitrogen and oxygen atoms in total. The molecule has 21 rings (SSSR count). The van der Waals surface area contributed by atoms with Gasteiger partial charge >= 0.3 is 0 Å². The molecule has 0 aromatic carbocycles. The molecule has 658 valence electrons. The van der Waals surface area contributed by atoms with E-state index in [9.17, 15) is 71.5 Å². The van der Waals surface area contributed by atoms with Crippen molar-refractivity contribution in [2.75, 3.05) is 236 Å². The van der Waals surface area contributed by atoms with Crippen molar-refractivity contribution in [2.24, 2.45) is 0 Å². The highest BCUT2D eigenvalue weighted by Gasteiger charge is 2.60. The molecule has 21 saturated heterocycles. The van der Waals surface area contributed by atoms with Crippen LogP contribution in [0, 0.1) is 0 Å². The van der Waals surface area contributed by atoms with Gasteiger partial charge in [-0.2, -0.15) is 0 Å². The van der Waals surface area contributed by atoms with Gasteiger partial charge < -0.3 is 209 Å². The molecule has 42 heteroatoms. The Hall–Kier alpha value is -1.68. The zero-order valence-electron chi connectivity index (χ0n) is 67.7. The molecule has 0 spiro atoms. The fourth-order valence-electron chi connectivity index (χ4n) is 14.4. The molecule has 0 amide bonds. The molecule has 0 saturated carbocycles. The third-order valence-corrected chi connectivity index (χ3v) is 21.1. The van der Waals surface area contributed by atoms with E-state index in [1.54, 1.807) is 0 Å². The second-order valence-corrected chi connectivity index (χ2v) is 32.4. The van der Waals surface area contributed by atoms with E-state index in [1.165, 1.54) is 0 Å². The molecule has 0 unspecified atom stereocenters. The Morgan fingerprint density at radius 1 is 0.170 bits per heavy atom. The van der Waals surface area contributed by atoms with Crippen molar-refractivity contribution in [1.82, 2.24) is 71.5 Å². The fourth-order valence-corrected chi connectivity index (χ4v) is 14.4. The third-order valence-electron chi connectivity index (χ3n) is 21.1. The van der Waals surface area contributed by atoms with Gasteiger partial charge in [-0.05, 0) is 98.7 Å². The summed E-state index contributed by atoms with van der Waals surface area (Å²) in [6.45, 7) is 5.42. The Morgan fingerprint density at radius 3 is 0.375 bits per heavy atom. The topological polar surface area (TPSA) is 519 Å². The van der Waals surface area contributed by atoms with Crippen molar-refractivity contribution < 1.29 is 138 Å². The summed E-state index contributed by atoms with van der Waals surface area (Å²) < 4.78 is 91.1. The average molecular weight is 1630 g/mol. The number of nitrogens with zero attached hydrogens (tertiary/aromatic N) is 7. The van der Waals surface area contributed by atoms with E-state index < -0.39 is 215 Å². The Balaban J connectivity index is 1.21. The van der Waals surface area contributed by atoms with Crippen molar-refractivity contribution in [2.45, 2.75) is 215 Å². The van der Waals surface area contributed by atoms with Crippen LogP contribution in [0.3, 0.4) is 0 Å². The van der Waals surface area contributed by atoms with Crippen LogP contribution in [0.4, 0.5) is 0 Å². The van der Waals surface area contributed by atoms with Gasteiger partial charge in [0.2, 0.25) is 0 Å². The minimum absolute atomic E-state index is 0.112. The van der Waals surface area contributed by atoms with Gasteiger partial charge in [0.15, 0.2) is 44.0 Å². The maximum Gasteiger partial charge on any atom is 0.187 e. The Kier molecular flexibility index (Phi) is 39.7. The molecule has 0 aromatic heterocycles. The first kappa shape index (κ1) is 95.8. The van der Waals surface area contributed by atoms with Gasteiger partial charge in [-0.1, -0.05) is 0 Å². The van der Waals surface area contributed by atoms with Gasteiger partial charge in [-0.3, -0.25) is 0 Å². The van der Waals surface area contributed by atoms with Gasteiger partial charge in [0, 0.05) is 137 Å². The number of nitrogens with one attached hydrogen (secondary N) is 7. The molecule has 35 atom stereocenters. The van der Waals surface area contributed by atoms with Crippen molar-refractivity contribution >= 4 is 0 Å². The molecule has 21 aliphatic rings. The van der Waals surface area contributed by atoms with Crippen molar-refractivity contribution in [3.63, 3.8) is 0 Å². The molecule has 0 aromatic rings. The summed E-state index contributed by atoms with van der Waals surface area (Å²) in [5.41, 5.74) is 0.